The van der Waals surface area contributed by atoms with Gasteiger partial charge in [0.1, 0.15) is 5.16 Å². The number of nitrogens with zero attached hydrogens (tertiary/aromatic N) is 1. The number of halogens is 1. The van der Waals surface area contributed by atoms with E-state index in [0.717, 1.165) is 5.57 Å². The van der Waals surface area contributed by atoms with Crippen molar-refractivity contribution in [2.45, 2.75) is 6.92 Å². The molecular formula is C9H14ClN. The van der Waals surface area contributed by atoms with Gasteiger partial charge in [0.25, 0.3) is 0 Å². The summed E-state index contributed by atoms with van der Waals surface area (Å²) in [6, 6.07) is 0. The highest BCUT2D eigenvalue weighted by molar-refractivity contribution is 6.29. The number of allylic oxidation sites excluding steroid dienone is 4. The second-order valence-electron chi connectivity index (χ2n) is 2.44. The predicted molar refractivity (Wildman–Crippen MR) is 51.6 cm³/mol. The van der Waals surface area contributed by atoms with Crippen molar-refractivity contribution in [3.05, 3.63) is 35.5 Å². The molecule has 0 saturated heterocycles. The van der Waals surface area contributed by atoms with Crippen LogP contribution in [0.1, 0.15) is 6.92 Å². The summed E-state index contributed by atoms with van der Waals surface area (Å²) in [6.45, 7) is 5.74. The third kappa shape index (κ3) is 4.68. The number of hydrogen-bond donors (Lipinski definition) is 0. The van der Waals surface area contributed by atoms with Gasteiger partial charge < -0.3 is 4.90 Å². The van der Waals surface area contributed by atoms with Gasteiger partial charge in [0.2, 0.25) is 0 Å². The van der Waals surface area contributed by atoms with E-state index in [1.165, 1.54) is 0 Å². The summed E-state index contributed by atoms with van der Waals surface area (Å²) in [4.78, 5) is 1.83. The van der Waals surface area contributed by atoms with Crippen LogP contribution in [-0.2, 0) is 0 Å². The summed E-state index contributed by atoms with van der Waals surface area (Å²) in [7, 11) is 3.78. The summed E-state index contributed by atoms with van der Waals surface area (Å²) >= 11 is 5.84. The fraction of sp³-hybridized carbons (Fsp3) is 0.333. The zero-order valence-corrected chi connectivity index (χ0v) is 8.02. The van der Waals surface area contributed by atoms with Gasteiger partial charge in [0.15, 0.2) is 0 Å². The van der Waals surface area contributed by atoms with E-state index in [9.17, 15) is 0 Å². The normalized spacial score (nSPS) is 12.2. The maximum absolute atomic E-state index is 5.84. The lowest BCUT2D eigenvalue weighted by molar-refractivity contribution is 0.547. The molecule has 0 rings (SSSR count). The zero-order valence-electron chi connectivity index (χ0n) is 7.26. The van der Waals surface area contributed by atoms with Gasteiger partial charge in [0, 0.05) is 14.1 Å². The Hall–Kier alpha value is -0.690. The van der Waals surface area contributed by atoms with Crippen LogP contribution in [0.15, 0.2) is 35.5 Å². The molecule has 0 aromatic carbocycles. The van der Waals surface area contributed by atoms with Gasteiger partial charge in [-0.15, -0.1) is 0 Å². The monoisotopic (exact) mass is 171 g/mol. The lowest BCUT2D eigenvalue weighted by Gasteiger charge is -2.09. The summed E-state index contributed by atoms with van der Waals surface area (Å²) < 4.78 is 0. The first-order valence-corrected chi connectivity index (χ1v) is 3.82. The van der Waals surface area contributed by atoms with E-state index in [-0.39, 0.29) is 0 Å². The van der Waals surface area contributed by atoms with E-state index < -0.39 is 0 Å². The highest BCUT2D eigenvalue weighted by Crippen LogP contribution is 2.08. The van der Waals surface area contributed by atoms with E-state index in [1.807, 2.05) is 44.1 Å². The van der Waals surface area contributed by atoms with Crippen LogP contribution in [0.3, 0.4) is 0 Å². The third-order valence-electron chi connectivity index (χ3n) is 1.11. The highest BCUT2D eigenvalue weighted by atomic mass is 35.5. The van der Waals surface area contributed by atoms with E-state index in [1.54, 1.807) is 0 Å². The fourth-order valence-electron chi connectivity index (χ4n) is 0.544. The molecule has 0 radical (unpaired) electrons. The Labute approximate surface area is 73.7 Å². The van der Waals surface area contributed by atoms with Crippen molar-refractivity contribution < 1.29 is 0 Å². The van der Waals surface area contributed by atoms with Crippen LogP contribution < -0.4 is 0 Å². The summed E-state index contributed by atoms with van der Waals surface area (Å²) in [5.41, 5.74) is 0.909. The second kappa shape index (κ2) is 5.03. The molecule has 0 aliphatic heterocycles. The molecule has 0 spiro atoms. The Kier molecular flexibility index (Phi) is 4.71. The van der Waals surface area contributed by atoms with Gasteiger partial charge >= 0.3 is 0 Å². The van der Waals surface area contributed by atoms with Crippen LogP contribution in [0.4, 0.5) is 0 Å². The molecule has 0 unspecified atom stereocenters. The van der Waals surface area contributed by atoms with Gasteiger partial charge in [-0.1, -0.05) is 30.3 Å². The van der Waals surface area contributed by atoms with Crippen molar-refractivity contribution in [3.63, 3.8) is 0 Å². The molecule has 62 valence electrons. The van der Waals surface area contributed by atoms with Crippen LogP contribution in [0.25, 0.3) is 0 Å². The number of hydrogen-bond acceptors (Lipinski definition) is 1. The lowest BCUT2D eigenvalue weighted by Crippen LogP contribution is -2.06. The molecule has 1 nitrogen and oxygen atoms in total. The van der Waals surface area contributed by atoms with E-state index in [2.05, 4.69) is 6.58 Å². The first-order chi connectivity index (χ1) is 5.07. The van der Waals surface area contributed by atoms with Crippen LogP contribution in [-0.4, -0.2) is 19.0 Å². The summed E-state index contributed by atoms with van der Waals surface area (Å²) in [5, 5.41) is 0.688. The molecule has 0 bridgehead atoms. The van der Waals surface area contributed by atoms with Crippen molar-refractivity contribution in [2.75, 3.05) is 14.1 Å². The Bertz CT molecular complexity index is 190. The summed E-state index contributed by atoms with van der Waals surface area (Å²) in [6.07, 6.45) is 5.66. The Morgan fingerprint density at radius 3 is 2.36 bits per heavy atom. The molecule has 0 fully saturated rings. The molecule has 0 saturated carbocycles. The second-order valence-corrected chi connectivity index (χ2v) is 2.82. The Morgan fingerprint density at radius 1 is 1.45 bits per heavy atom. The predicted octanol–water partition coefficient (Wildman–Crippen LogP) is 2.76. The topological polar surface area (TPSA) is 3.24 Å². The van der Waals surface area contributed by atoms with Crippen LogP contribution in [0.2, 0.25) is 0 Å². The number of rotatable bonds is 3. The van der Waals surface area contributed by atoms with E-state index in [0.29, 0.717) is 5.16 Å². The van der Waals surface area contributed by atoms with E-state index >= 15 is 0 Å². The van der Waals surface area contributed by atoms with Crippen molar-refractivity contribution >= 4 is 11.6 Å². The molecule has 0 aromatic rings. The average Bonchev–Trinajstić information content (AvgIpc) is 1.87. The maximum atomic E-state index is 5.84. The molecule has 0 aliphatic carbocycles. The Balaban J connectivity index is 4.19. The average molecular weight is 172 g/mol. The fourth-order valence-corrected chi connectivity index (χ4v) is 0.684. The van der Waals surface area contributed by atoms with Crippen molar-refractivity contribution in [2.24, 2.45) is 0 Å². The first kappa shape index (κ1) is 10.3. The molecule has 0 aromatic heterocycles. The molecular weight excluding hydrogens is 158 g/mol. The van der Waals surface area contributed by atoms with Gasteiger partial charge in [-0.05, 0) is 18.6 Å². The minimum Gasteiger partial charge on any atom is -0.368 e. The SMILES string of the molecule is C=C(/C=C\C)/C=C(/Cl)N(C)C. The van der Waals surface area contributed by atoms with Gasteiger partial charge in [-0.2, -0.15) is 0 Å². The standard InChI is InChI=1S/C9H14ClN/c1-5-6-8(2)7-9(10)11(3)4/h5-7H,2H2,1,3-4H3/b6-5-,9-7-. The van der Waals surface area contributed by atoms with Crippen LogP contribution in [0, 0.1) is 0 Å². The van der Waals surface area contributed by atoms with E-state index in [4.69, 9.17) is 11.6 Å². The van der Waals surface area contributed by atoms with Crippen LogP contribution >= 0.6 is 11.6 Å². The van der Waals surface area contributed by atoms with Gasteiger partial charge in [-0.3, -0.25) is 0 Å². The lowest BCUT2D eigenvalue weighted by atomic mass is 10.3. The quantitative estimate of drug-likeness (QED) is 0.466. The van der Waals surface area contributed by atoms with Crippen molar-refractivity contribution in [1.29, 1.82) is 0 Å². The Morgan fingerprint density at radius 2 is 2.00 bits per heavy atom. The third-order valence-corrected chi connectivity index (χ3v) is 1.56. The smallest absolute Gasteiger partial charge is 0.104 e. The molecule has 2 heteroatoms. The largest absolute Gasteiger partial charge is 0.368 e. The van der Waals surface area contributed by atoms with Crippen molar-refractivity contribution in [1.82, 2.24) is 4.90 Å². The van der Waals surface area contributed by atoms with Gasteiger partial charge in [0.05, 0.1) is 0 Å². The zero-order chi connectivity index (χ0) is 8.85. The first-order valence-electron chi connectivity index (χ1n) is 3.44. The molecule has 0 N–H and O–H groups in total. The summed E-state index contributed by atoms with van der Waals surface area (Å²) in [5.74, 6) is 0. The molecule has 0 aliphatic rings. The van der Waals surface area contributed by atoms with Crippen molar-refractivity contribution in [3.8, 4) is 0 Å². The maximum Gasteiger partial charge on any atom is 0.104 e. The van der Waals surface area contributed by atoms with Crippen LogP contribution in [0.5, 0.6) is 0 Å². The highest BCUT2D eigenvalue weighted by Gasteiger charge is 1.92. The molecule has 0 amide bonds. The molecule has 0 atom stereocenters. The molecule has 0 heterocycles. The van der Waals surface area contributed by atoms with Gasteiger partial charge in [-0.25, -0.2) is 0 Å². The minimum absolute atomic E-state index is 0.688. The molecule has 11 heavy (non-hydrogen) atoms. The minimum atomic E-state index is 0.688.